The largest absolute Gasteiger partial charge is 0.456 e. The van der Waals surface area contributed by atoms with Crippen molar-refractivity contribution < 1.29 is 4.42 Å². The molecule has 0 spiro atoms. The molecule has 0 radical (unpaired) electrons. The third kappa shape index (κ3) is 4.12. The van der Waals surface area contributed by atoms with Crippen LogP contribution in [0.4, 0.5) is 0 Å². The summed E-state index contributed by atoms with van der Waals surface area (Å²) in [7, 11) is 0. The van der Waals surface area contributed by atoms with Crippen molar-refractivity contribution in [1.82, 2.24) is 29.1 Å². The van der Waals surface area contributed by atoms with Gasteiger partial charge in [-0.25, -0.2) is 4.98 Å². The fraction of sp³-hybridized carbons (Fsp3) is 0. The zero-order valence-electron chi connectivity index (χ0n) is 27.1. The summed E-state index contributed by atoms with van der Waals surface area (Å²) in [6.07, 6.45) is 1.85. The lowest BCUT2D eigenvalue weighted by molar-refractivity contribution is 0.669. The Morgan fingerprint density at radius 2 is 1.04 bits per heavy atom. The van der Waals surface area contributed by atoms with Gasteiger partial charge in [0.05, 0.1) is 33.3 Å². The van der Waals surface area contributed by atoms with Crippen LogP contribution in [-0.4, -0.2) is 29.1 Å². The van der Waals surface area contributed by atoms with Gasteiger partial charge in [0.25, 0.3) is 0 Å². The zero-order chi connectivity index (χ0) is 33.5. The van der Waals surface area contributed by atoms with Crippen LogP contribution < -0.4 is 0 Å². The van der Waals surface area contributed by atoms with E-state index in [1.54, 1.807) is 0 Å². The monoisotopic (exact) mass is 654 g/mol. The molecule has 0 bridgehead atoms. The van der Waals surface area contributed by atoms with E-state index in [4.69, 9.17) is 24.4 Å². The topological polar surface area (TPSA) is 74.6 Å². The Bertz CT molecular complexity index is 3060. The molecule has 0 amide bonds. The first-order valence-electron chi connectivity index (χ1n) is 16.9. The molecule has 7 nitrogen and oxygen atoms in total. The van der Waals surface area contributed by atoms with Crippen LogP contribution >= 0.6 is 0 Å². The molecule has 6 aromatic carbocycles. The highest BCUT2D eigenvalue weighted by atomic mass is 16.3. The number of hydrogen-bond acceptors (Lipinski definition) is 5. The first-order valence-corrected chi connectivity index (χ1v) is 16.9. The van der Waals surface area contributed by atoms with Crippen molar-refractivity contribution in [2.75, 3.05) is 0 Å². The molecule has 51 heavy (non-hydrogen) atoms. The molecule has 11 aromatic rings. The zero-order valence-corrected chi connectivity index (χ0v) is 27.1. The van der Waals surface area contributed by atoms with Gasteiger partial charge in [0.15, 0.2) is 11.6 Å². The fourth-order valence-corrected chi connectivity index (χ4v) is 7.62. The highest BCUT2D eigenvalue weighted by Gasteiger charge is 2.21. The van der Waals surface area contributed by atoms with E-state index in [0.717, 1.165) is 82.5 Å². The van der Waals surface area contributed by atoms with Crippen LogP contribution in [-0.2, 0) is 0 Å². The summed E-state index contributed by atoms with van der Waals surface area (Å²) in [6, 6.07) is 51.9. The molecule has 0 aliphatic rings. The third-order valence-electron chi connectivity index (χ3n) is 9.85. The lowest BCUT2D eigenvalue weighted by atomic mass is 10.1. The van der Waals surface area contributed by atoms with E-state index < -0.39 is 0 Å². The quantitative estimate of drug-likeness (QED) is 0.189. The van der Waals surface area contributed by atoms with Gasteiger partial charge in [-0.1, -0.05) is 84.9 Å². The number of rotatable bonds is 4. The molecule has 238 valence electrons. The van der Waals surface area contributed by atoms with Gasteiger partial charge in [-0.3, -0.25) is 9.55 Å². The van der Waals surface area contributed by atoms with Gasteiger partial charge in [0.1, 0.15) is 11.2 Å². The van der Waals surface area contributed by atoms with E-state index in [-0.39, 0.29) is 0 Å². The Morgan fingerprint density at radius 3 is 1.84 bits per heavy atom. The summed E-state index contributed by atoms with van der Waals surface area (Å²) in [5.74, 6) is 1.69. The van der Waals surface area contributed by atoms with E-state index in [0.29, 0.717) is 17.6 Å². The van der Waals surface area contributed by atoms with Crippen molar-refractivity contribution in [3.05, 3.63) is 158 Å². The Hall–Kier alpha value is -7.12. The van der Waals surface area contributed by atoms with Crippen LogP contribution in [0.2, 0.25) is 0 Å². The molecule has 5 aromatic heterocycles. The molecule has 5 heterocycles. The number of nitrogens with zero attached hydrogens (tertiary/aromatic N) is 6. The van der Waals surface area contributed by atoms with Gasteiger partial charge in [0, 0.05) is 44.3 Å². The minimum atomic E-state index is 0.545. The van der Waals surface area contributed by atoms with Gasteiger partial charge in [-0.2, -0.15) is 9.97 Å². The van der Waals surface area contributed by atoms with Crippen molar-refractivity contribution in [2.45, 2.75) is 0 Å². The average molecular weight is 655 g/mol. The van der Waals surface area contributed by atoms with Crippen LogP contribution in [0.3, 0.4) is 0 Å². The molecule has 0 aliphatic heterocycles. The van der Waals surface area contributed by atoms with Crippen LogP contribution in [0.1, 0.15) is 0 Å². The van der Waals surface area contributed by atoms with Crippen LogP contribution in [0, 0.1) is 0 Å². The first-order chi connectivity index (χ1) is 25.3. The molecule has 0 fully saturated rings. The number of para-hydroxylation sites is 5. The molecule has 0 saturated heterocycles. The van der Waals surface area contributed by atoms with Gasteiger partial charge in [0.2, 0.25) is 5.95 Å². The maximum atomic E-state index is 6.18. The maximum Gasteiger partial charge on any atom is 0.238 e. The third-order valence-corrected chi connectivity index (χ3v) is 9.85. The second-order valence-corrected chi connectivity index (χ2v) is 12.7. The normalized spacial score (nSPS) is 11.9. The second-order valence-electron chi connectivity index (χ2n) is 12.7. The fourth-order valence-electron chi connectivity index (χ4n) is 7.62. The lowest BCUT2D eigenvalue weighted by Crippen LogP contribution is -2.07. The molecule has 0 N–H and O–H groups in total. The number of hydrogen-bond donors (Lipinski definition) is 0. The SMILES string of the molecule is c1ccc(-n2c3ccccc3c3ncccc32)c(-c2nc(-c3ccc4oc5ccccc5c4c3)nc(-n3c4ccccc4c4ccccc43)n2)c1. The number of pyridine rings is 1. The molecule has 0 unspecified atom stereocenters. The van der Waals surface area contributed by atoms with Crippen molar-refractivity contribution in [3.8, 4) is 34.4 Å². The predicted molar refractivity (Wildman–Crippen MR) is 204 cm³/mol. The van der Waals surface area contributed by atoms with Crippen LogP contribution in [0.5, 0.6) is 0 Å². The Kier molecular flexibility index (Phi) is 5.83. The smallest absolute Gasteiger partial charge is 0.238 e. The summed E-state index contributed by atoms with van der Waals surface area (Å²) < 4.78 is 10.6. The molecule has 7 heteroatoms. The minimum absolute atomic E-state index is 0.545. The Balaban J connectivity index is 1.22. The van der Waals surface area contributed by atoms with Crippen molar-refractivity contribution in [2.24, 2.45) is 0 Å². The molecule has 0 aliphatic carbocycles. The molecule has 0 saturated carbocycles. The standard InChI is InChI=1S/C44H26N6O/c1-6-17-34-28(12-1)29-13-2-7-18-35(29)50(34)44-47-42(27-23-24-40-33(26-27)30-14-5-10-22-39(30)51-40)46-43(48-44)32-16-4-9-20-37(32)49-36-19-8-3-15-31(36)41-38(49)21-11-25-45-41/h1-26H. The summed E-state index contributed by atoms with van der Waals surface area (Å²) in [6.45, 7) is 0. The maximum absolute atomic E-state index is 6.18. The first kappa shape index (κ1) is 27.8. The van der Waals surface area contributed by atoms with E-state index in [1.165, 1.54) is 0 Å². The van der Waals surface area contributed by atoms with Crippen LogP contribution in [0.25, 0.3) is 100 Å². The van der Waals surface area contributed by atoms with E-state index in [9.17, 15) is 0 Å². The summed E-state index contributed by atoms with van der Waals surface area (Å²) in [4.78, 5) is 20.6. The van der Waals surface area contributed by atoms with E-state index >= 15 is 0 Å². The van der Waals surface area contributed by atoms with Crippen molar-refractivity contribution in [1.29, 1.82) is 0 Å². The van der Waals surface area contributed by atoms with Gasteiger partial charge < -0.3 is 8.98 Å². The van der Waals surface area contributed by atoms with Crippen molar-refractivity contribution in [3.63, 3.8) is 0 Å². The molecule has 0 atom stereocenters. The van der Waals surface area contributed by atoms with Gasteiger partial charge in [-0.15, -0.1) is 0 Å². The molecule has 11 rings (SSSR count). The lowest BCUT2D eigenvalue weighted by Gasteiger charge is -2.15. The van der Waals surface area contributed by atoms with Gasteiger partial charge in [-0.05, 0) is 66.7 Å². The Morgan fingerprint density at radius 1 is 0.431 bits per heavy atom. The van der Waals surface area contributed by atoms with E-state index in [1.807, 2.05) is 48.7 Å². The number of aromatic nitrogens is 6. The number of fused-ring (bicyclic) bond motifs is 9. The summed E-state index contributed by atoms with van der Waals surface area (Å²) in [5.41, 5.74) is 9.46. The average Bonchev–Trinajstić information content (AvgIpc) is 3.85. The van der Waals surface area contributed by atoms with E-state index in [2.05, 4.69) is 118 Å². The minimum Gasteiger partial charge on any atom is -0.456 e. The summed E-state index contributed by atoms with van der Waals surface area (Å²) in [5, 5.41) is 5.44. The molecular weight excluding hydrogens is 629 g/mol. The molecular formula is C44H26N6O. The van der Waals surface area contributed by atoms with Gasteiger partial charge >= 0.3 is 0 Å². The van der Waals surface area contributed by atoms with Crippen molar-refractivity contribution >= 4 is 65.7 Å². The summed E-state index contributed by atoms with van der Waals surface area (Å²) >= 11 is 0. The number of benzene rings is 6. The highest BCUT2D eigenvalue weighted by Crippen LogP contribution is 2.37. The van der Waals surface area contributed by atoms with Crippen LogP contribution in [0.15, 0.2) is 162 Å². The highest BCUT2D eigenvalue weighted by molar-refractivity contribution is 6.10. The second kappa shape index (κ2) is 10.7. The Labute approximate surface area is 290 Å². The number of furan rings is 1. The predicted octanol–water partition coefficient (Wildman–Crippen LogP) is 10.7.